The lowest BCUT2D eigenvalue weighted by atomic mass is 10.2. The van der Waals surface area contributed by atoms with Crippen LogP contribution in [-0.4, -0.2) is 4.98 Å². The van der Waals surface area contributed by atoms with Gasteiger partial charge in [0.2, 0.25) is 0 Å². The van der Waals surface area contributed by atoms with Gasteiger partial charge in [0, 0.05) is 18.0 Å². The predicted molar refractivity (Wildman–Crippen MR) is 40.4 cm³/mol. The van der Waals surface area contributed by atoms with Crippen molar-refractivity contribution in [2.75, 3.05) is 0 Å². The van der Waals surface area contributed by atoms with E-state index in [9.17, 15) is 0 Å². The number of halogens is 1. The Morgan fingerprint density at radius 1 is 1.40 bits per heavy atom. The van der Waals surface area contributed by atoms with Gasteiger partial charge in [-0.05, 0) is 6.07 Å². The zero-order valence-electron chi connectivity index (χ0n) is 5.29. The molecule has 0 atom stereocenters. The van der Waals surface area contributed by atoms with Gasteiger partial charge in [0.25, 0.3) is 0 Å². The predicted octanol–water partition coefficient (Wildman–Crippen LogP) is 0.651. The summed E-state index contributed by atoms with van der Waals surface area (Å²) in [5, 5.41) is 0.554. The molecule has 0 fully saturated rings. The van der Waals surface area contributed by atoms with E-state index in [1.807, 2.05) is 0 Å². The van der Waals surface area contributed by atoms with Crippen LogP contribution in [0, 0.1) is 0 Å². The molecule has 0 aliphatic carbocycles. The highest BCUT2D eigenvalue weighted by Gasteiger charge is 1.98. The van der Waals surface area contributed by atoms with E-state index >= 15 is 0 Å². The van der Waals surface area contributed by atoms with Crippen LogP contribution in [-0.2, 0) is 0 Å². The lowest BCUT2D eigenvalue weighted by Gasteiger charge is -2.03. The normalized spacial score (nSPS) is 10.4. The highest BCUT2D eigenvalue weighted by Crippen LogP contribution is 2.10. The first-order chi connectivity index (χ1) is 4.70. The number of hydrogen-bond acceptors (Lipinski definition) is 3. The molecule has 0 spiro atoms. The molecule has 1 aromatic heterocycles. The number of hydrogen-bond donors (Lipinski definition) is 2. The highest BCUT2D eigenvalue weighted by molar-refractivity contribution is 6.30. The lowest BCUT2D eigenvalue weighted by molar-refractivity contribution is 0.768. The molecule has 10 heavy (non-hydrogen) atoms. The largest absolute Gasteiger partial charge is 0.312 e. The zero-order chi connectivity index (χ0) is 7.56. The Kier molecular flexibility index (Phi) is 2.21. The molecule has 0 saturated carbocycles. The van der Waals surface area contributed by atoms with Crippen LogP contribution in [0.25, 0.3) is 0 Å². The summed E-state index contributed by atoms with van der Waals surface area (Å²) in [6, 6.07) is 1.69. The van der Waals surface area contributed by atoms with E-state index < -0.39 is 6.17 Å². The van der Waals surface area contributed by atoms with E-state index in [0.717, 1.165) is 5.56 Å². The molecule has 1 aromatic rings. The van der Waals surface area contributed by atoms with Crippen molar-refractivity contribution in [3.05, 3.63) is 29.0 Å². The first kappa shape index (κ1) is 7.47. The van der Waals surface area contributed by atoms with Crippen LogP contribution >= 0.6 is 11.6 Å². The van der Waals surface area contributed by atoms with Crippen molar-refractivity contribution in [3.8, 4) is 0 Å². The molecule has 4 heteroatoms. The van der Waals surface area contributed by atoms with Crippen LogP contribution in [0.3, 0.4) is 0 Å². The molecule has 0 aliphatic rings. The molecule has 1 heterocycles. The van der Waals surface area contributed by atoms with Crippen LogP contribution in [0.2, 0.25) is 5.02 Å². The van der Waals surface area contributed by atoms with Crippen LogP contribution in [0.5, 0.6) is 0 Å². The summed E-state index contributed by atoms with van der Waals surface area (Å²) in [5.74, 6) is 0. The van der Waals surface area contributed by atoms with Crippen molar-refractivity contribution in [1.82, 2.24) is 4.98 Å². The minimum Gasteiger partial charge on any atom is -0.312 e. The van der Waals surface area contributed by atoms with Crippen molar-refractivity contribution in [2.45, 2.75) is 6.17 Å². The summed E-state index contributed by atoms with van der Waals surface area (Å²) in [5.41, 5.74) is 11.5. The monoisotopic (exact) mass is 157 g/mol. The van der Waals surface area contributed by atoms with E-state index in [1.54, 1.807) is 12.3 Å². The Balaban J connectivity index is 2.96. The summed E-state index contributed by atoms with van der Waals surface area (Å²) >= 11 is 5.62. The van der Waals surface area contributed by atoms with E-state index in [0.29, 0.717) is 5.02 Å². The zero-order valence-corrected chi connectivity index (χ0v) is 6.05. The minimum absolute atomic E-state index is 0.494. The second-order valence-corrected chi connectivity index (χ2v) is 2.40. The molecule has 0 bridgehead atoms. The SMILES string of the molecule is NC(N)c1cncc(Cl)c1. The molecular weight excluding hydrogens is 150 g/mol. The summed E-state index contributed by atoms with van der Waals surface area (Å²) in [4.78, 5) is 3.81. The standard InChI is InChI=1S/C6H8ClN3/c7-5-1-4(6(8)9)2-10-3-5/h1-3,6H,8-9H2. The summed E-state index contributed by atoms with van der Waals surface area (Å²) in [6.45, 7) is 0. The Hall–Kier alpha value is -0.640. The van der Waals surface area contributed by atoms with Gasteiger partial charge < -0.3 is 11.5 Å². The van der Waals surface area contributed by atoms with E-state index in [4.69, 9.17) is 23.1 Å². The van der Waals surface area contributed by atoms with Crippen LogP contribution in [0.15, 0.2) is 18.5 Å². The number of nitrogens with zero attached hydrogens (tertiary/aromatic N) is 1. The topological polar surface area (TPSA) is 64.9 Å². The average molecular weight is 158 g/mol. The molecule has 4 N–H and O–H groups in total. The lowest BCUT2D eigenvalue weighted by Crippen LogP contribution is -2.19. The number of rotatable bonds is 1. The molecule has 3 nitrogen and oxygen atoms in total. The molecule has 0 unspecified atom stereocenters. The Morgan fingerprint density at radius 2 is 2.10 bits per heavy atom. The maximum Gasteiger partial charge on any atom is 0.0800 e. The Labute approximate surface area is 64.0 Å². The number of aromatic nitrogens is 1. The molecule has 0 aromatic carbocycles. The van der Waals surface area contributed by atoms with E-state index in [-0.39, 0.29) is 0 Å². The second kappa shape index (κ2) is 2.96. The minimum atomic E-state index is -0.494. The van der Waals surface area contributed by atoms with Gasteiger partial charge in [-0.2, -0.15) is 0 Å². The fourth-order valence-corrected chi connectivity index (χ4v) is 0.793. The van der Waals surface area contributed by atoms with Gasteiger partial charge >= 0.3 is 0 Å². The molecule has 1 rings (SSSR count). The fraction of sp³-hybridized carbons (Fsp3) is 0.167. The van der Waals surface area contributed by atoms with Gasteiger partial charge in [-0.3, -0.25) is 4.98 Å². The number of pyridine rings is 1. The molecule has 0 aliphatic heterocycles. The van der Waals surface area contributed by atoms with E-state index in [2.05, 4.69) is 4.98 Å². The third kappa shape index (κ3) is 1.67. The molecule has 0 amide bonds. The van der Waals surface area contributed by atoms with Crippen molar-refractivity contribution in [1.29, 1.82) is 0 Å². The van der Waals surface area contributed by atoms with Crippen LogP contribution < -0.4 is 11.5 Å². The quantitative estimate of drug-likeness (QED) is 0.589. The van der Waals surface area contributed by atoms with Crippen molar-refractivity contribution < 1.29 is 0 Å². The first-order valence-corrected chi connectivity index (χ1v) is 3.19. The van der Waals surface area contributed by atoms with Crippen LogP contribution in [0.4, 0.5) is 0 Å². The first-order valence-electron chi connectivity index (χ1n) is 2.82. The Morgan fingerprint density at radius 3 is 2.50 bits per heavy atom. The van der Waals surface area contributed by atoms with Crippen molar-refractivity contribution in [2.24, 2.45) is 11.5 Å². The van der Waals surface area contributed by atoms with Gasteiger partial charge in [0.05, 0.1) is 11.2 Å². The van der Waals surface area contributed by atoms with E-state index in [1.165, 1.54) is 6.20 Å². The molecule has 54 valence electrons. The van der Waals surface area contributed by atoms with Crippen molar-refractivity contribution in [3.63, 3.8) is 0 Å². The third-order valence-corrected chi connectivity index (χ3v) is 1.32. The summed E-state index contributed by atoms with van der Waals surface area (Å²) in [6.07, 6.45) is 2.63. The second-order valence-electron chi connectivity index (χ2n) is 1.96. The third-order valence-electron chi connectivity index (χ3n) is 1.11. The maximum absolute atomic E-state index is 5.62. The number of nitrogens with two attached hydrogens (primary N) is 2. The van der Waals surface area contributed by atoms with Gasteiger partial charge in [-0.25, -0.2) is 0 Å². The molecular formula is C6H8ClN3. The van der Waals surface area contributed by atoms with Gasteiger partial charge in [0.15, 0.2) is 0 Å². The van der Waals surface area contributed by atoms with Gasteiger partial charge in [-0.15, -0.1) is 0 Å². The van der Waals surface area contributed by atoms with Crippen molar-refractivity contribution >= 4 is 11.6 Å². The van der Waals surface area contributed by atoms with Gasteiger partial charge in [-0.1, -0.05) is 11.6 Å². The van der Waals surface area contributed by atoms with Gasteiger partial charge in [0.1, 0.15) is 0 Å². The average Bonchev–Trinajstić information content (AvgIpc) is 1.88. The molecule has 0 radical (unpaired) electrons. The maximum atomic E-state index is 5.62. The summed E-state index contributed by atoms with van der Waals surface area (Å²) < 4.78 is 0. The summed E-state index contributed by atoms with van der Waals surface area (Å²) in [7, 11) is 0. The highest BCUT2D eigenvalue weighted by atomic mass is 35.5. The van der Waals surface area contributed by atoms with Crippen LogP contribution in [0.1, 0.15) is 11.7 Å². The fourth-order valence-electron chi connectivity index (χ4n) is 0.611. The Bertz CT molecular complexity index is 224. The molecule has 0 saturated heterocycles. The smallest absolute Gasteiger partial charge is 0.0800 e.